The third-order valence-corrected chi connectivity index (χ3v) is 3.54. The number of nitrogens with one attached hydrogen (secondary N) is 1. The Labute approximate surface area is 97.1 Å². The van der Waals surface area contributed by atoms with Gasteiger partial charge in [0.15, 0.2) is 5.13 Å². The second kappa shape index (κ2) is 5.50. The van der Waals surface area contributed by atoms with Gasteiger partial charge in [-0.1, -0.05) is 27.7 Å². The lowest BCUT2D eigenvalue weighted by atomic mass is 10.0. The van der Waals surface area contributed by atoms with E-state index in [9.17, 15) is 0 Å². The van der Waals surface area contributed by atoms with Crippen molar-refractivity contribution < 1.29 is 0 Å². The highest BCUT2D eigenvalue weighted by molar-refractivity contribution is 7.15. The summed E-state index contributed by atoms with van der Waals surface area (Å²) >= 11 is 1.81. The fourth-order valence-electron chi connectivity index (χ4n) is 1.57. The summed E-state index contributed by atoms with van der Waals surface area (Å²) in [5.41, 5.74) is 1.29. The van der Waals surface area contributed by atoms with Crippen LogP contribution in [-0.2, 0) is 6.42 Å². The highest BCUT2D eigenvalue weighted by Crippen LogP contribution is 2.31. The number of aromatic nitrogens is 1. The third kappa shape index (κ3) is 3.49. The second-order valence-electron chi connectivity index (χ2n) is 4.61. The Morgan fingerprint density at radius 2 is 1.93 bits per heavy atom. The Morgan fingerprint density at radius 1 is 1.27 bits per heavy atom. The molecule has 1 aromatic rings. The summed E-state index contributed by atoms with van der Waals surface area (Å²) in [5.74, 6) is 1.27. The lowest BCUT2D eigenvalue weighted by Crippen LogP contribution is -2.00. The molecule has 0 aliphatic rings. The quantitative estimate of drug-likeness (QED) is 0.823. The van der Waals surface area contributed by atoms with E-state index in [1.165, 1.54) is 10.6 Å². The molecule has 0 aromatic carbocycles. The molecule has 0 bridgehead atoms. The molecular formula is C12H22N2S. The first kappa shape index (κ1) is 12.5. The van der Waals surface area contributed by atoms with E-state index in [2.05, 4.69) is 44.9 Å². The minimum Gasteiger partial charge on any atom is -0.362 e. The smallest absolute Gasteiger partial charge is 0.183 e. The van der Waals surface area contributed by atoms with E-state index in [0.717, 1.165) is 18.1 Å². The second-order valence-corrected chi connectivity index (χ2v) is 5.64. The largest absolute Gasteiger partial charge is 0.362 e. The number of nitrogens with zero attached hydrogens (tertiary/aromatic N) is 1. The first-order chi connectivity index (χ1) is 7.04. The molecule has 15 heavy (non-hydrogen) atoms. The first-order valence-corrected chi connectivity index (χ1v) is 6.59. The van der Waals surface area contributed by atoms with Crippen molar-refractivity contribution in [3.05, 3.63) is 10.6 Å². The zero-order valence-corrected chi connectivity index (χ0v) is 11.2. The van der Waals surface area contributed by atoms with Crippen LogP contribution < -0.4 is 5.32 Å². The van der Waals surface area contributed by atoms with Crippen molar-refractivity contribution in [3.63, 3.8) is 0 Å². The minimum absolute atomic E-state index is 0.587. The molecule has 0 spiro atoms. The van der Waals surface area contributed by atoms with E-state index >= 15 is 0 Å². The van der Waals surface area contributed by atoms with E-state index < -0.39 is 0 Å². The molecule has 0 aliphatic heterocycles. The molecular weight excluding hydrogens is 204 g/mol. The fourth-order valence-corrected chi connectivity index (χ4v) is 2.64. The van der Waals surface area contributed by atoms with Crippen molar-refractivity contribution >= 4 is 16.5 Å². The van der Waals surface area contributed by atoms with E-state index in [1.807, 2.05) is 11.3 Å². The number of rotatable bonds is 5. The highest BCUT2D eigenvalue weighted by Gasteiger charge is 2.14. The maximum absolute atomic E-state index is 4.67. The lowest BCUT2D eigenvalue weighted by molar-refractivity contribution is 0.630. The summed E-state index contributed by atoms with van der Waals surface area (Å²) in [7, 11) is 0. The van der Waals surface area contributed by atoms with Gasteiger partial charge in [-0.15, -0.1) is 11.3 Å². The summed E-state index contributed by atoms with van der Waals surface area (Å²) in [5, 5.41) is 4.38. The summed E-state index contributed by atoms with van der Waals surface area (Å²) < 4.78 is 0. The zero-order valence-electron chi connectivity index (χ0n) is 10.4. The number of hydrogen-bond donors (Lipinski definition) is 1. The number of thiazole rings is 1. The first-order valence-electron chi connectivity index (χ1n) is 5.78. The van der Waals surface area contributed by atoms with E-state index in [0.29, 0.717) is 11.8 Å². The van der Waals surface area contributed by atoms with Crippen LogP contribution in [-0.4, -0.2) is 11.5 Å². The zero-order chi connectivity index (χ0) is 11.4. The Morgan fingerprint density at radius 3 is 2.40 bits per heavy atom. The van der Waals surface area contributed by atoms with Gasteiger partial charge in [0.25, 0.3) is 0 Å². The van der Waals surface area contributed by atoms with E-state index in [4.69, 9.17) is 0 Å². The van der Waals surface area contributed by atoms with Crippen LogP contribution in [0.3, 0.4) is 0 Å². The molecule has 1 aromatic heterocycles. The molecule has 0 atom stereocenters. The van der Waals surface area contributed by atoms with Crippen molar-refractivity contribution in [1.29, 1.82) is 0 Å². The van der Waals surface area contributed by atoms with Crippen LogP contribution in [0.25, 0.3) is 0 Å². The standard InChI is InChI=1S/C12H22N2S/c1-6-13-12-14-10(7-8(2)3)11(15-12)9(4)5/h8-9H,6-7H2,1-5H3,(H,13,14). The predicted molar refractivity (Wildman–Crippen MR) is 68.9 cm³/mol. The summed E-state index contributed by atoms with van der Waals surface area (Å²) in [6.07, 6.45) is 1.09. The average molecular weight is 226 g/mol. The van der Waals surface area contributed by atoms with Crippen molar-refractivity contribution in [2.75, 3.05) is 11.9 Å². The average Bonchev–Trinajstić information content (AvgIpc) is 2.47. The van der Waals surface area contributed by atoms with Crippen LogP contribution >= 0.6 is 11.3 Å². The summed E-state index contributed by atoms with van der Waals surface area (Å²) in [4.78, 5) is 6.11. The Bertz CT molecular complexity index is 303. The molecule has 1 N–H and O–H groups in total. The minimum atomic E-state index is 0.587. The molecule has 0 amide bonds. The number of hydrogen-bond acceptors (Lipinski definition) is 3. The van der Waals surface area contributed by atoms with Gasteiger partial charge in [0.05, 0.1) is 5.69 Å². The maximum atomic E-state index is 4.67. The summed E-state index contributed by atoms with van der Waals surface area (Å²) in [6, 6.07) is 0. The molecule has 3 heteroatoms. The van der Waals surface area contributed by atoms with E-state index in [1.54, 1.807) is 0 Å². The topological polar surface area (TPSA) is 24.9 Å². The van der Waals surface area contributed by atoms with Gasteiger partial charge in [-0.3, -0.25) is 0 Å². The van der Waals surface area contributed by atoms with Gasteiger partial charge >= 0.3 is 0 Å². The van der Waals surface area contributed by atoms with Crippen LogP contribution in [0.2, 0.25) is 0 Å². The van der Waals surface area contributed by atoms with Gasteiger partial charge in [-0.25, -0.2) is 4.98 Å². The third-order valence-electron chi connectivity index (χ3n) is 2.18. The highest BCUT2D eigenvalue weighted by atomic mass is 32.1. The van der Waals surface area contributed by atoms with Crippen molar-refractivity contribution in [2.24, 2.45) is 5.92 Å². The molecule has 86 valence electrons. The van der Waals surface area contributed by atoms with Gasteiger partial charge in [-0.2, -0.15) is 0 Å². The molecule has 0 saturated heterocycles. The molecule has 2 nitrogen and oxygen atoms in total. The fraction of sp³-hybridized carbons (Fsp3) is 0.750. The van der Waals surface area contributed by atoms with Crippen molar-refractivity contribution in [3.8, 4) is 0 Å². The molecule has 0 unspecified atom stereocenters. The SMILES string of the molecule is CCNc1nc(CC(C)C)c(C(C)C)s1. The van der Waals surface area contributed by atoms with Crippen molar-refractivity contribution in [1.82, 2.24) is 4.98 Å². The predicted octanol–water partition coefficient (Wildman–Crippen LogP) is 3.90. The molecule has 0 radical (unpaired) electrons. The maximum Gasteiger partial charge on any atom is 0.183 e. The monoisotopic (exact) mass is 226 g/mol. The molecule has 1 rings (SSSR count). The van der Waals surface area contributed by atoms with Gasteiger partial charge in [0.1, 0.15) is 0 Å². The normalized spacial score (nSPS) is 11.4. The van der Waals surface area contributed by atoms with Gasteiger partial charge in [0.2, 0.25) is 0 Å². The van der Waals surface area contributed by atoms with Crippen LogP contribution in [0.15, 0.2) is 0 Å². The van der Waals surface area contributed by atoms with Crippen LogP contribution in [0.4, 0.5) is 5.13 Å². The molecule has 1 heterocycles. The Hall–Kier alpha value is -0.570. The van der Waals surface area contributed by atoms with Gasteiger partial charge in [0, 0.05) is 11.4 Å². The lowest BCUT2D eigenvalue weighted by Gasteiger charge is -2.06. The van der Waals surface area contributed by atoms with Crippen LogP contribution in [0.1, 0.15) is 51.1 Å². The number of anilines is 1. The van der Waals surface area contributed by atoms with Gasteiger partial charge < -0.3 is 5.32 Å². The van der Waals surface area contributed by atoms with Crippen molar-refractivity contribution in [2.45, 2.75) is 47.0 Å². The Balaban J connectivity index is 2.90. The van der Waals surface area contributed by atoms with Gasteiger partial charge in [-0.05, 0) is 25.2 Å². The molecule has 0 aliphatic carbocycles. The van der Waals surface area contributed by atoms with E-state index in [-0.39, 0.29) is 0 Å². The van der Waals surface area contributed by atoms with Crippen LogP contribution in [0, 0.1) is 5.92 Å². The Kier molecular flexibility index (Phi) is 4.58. The molecule has 0 saturated carbocycles. The summed E-state index contributed by atoms with van der Waals surface area (Å²) in [6.45, 7) is 12.0. The molecule has 0 fully saturated rings. The van der Waals surface area contributed by atoms with Crippen LogP contribution in [0.5, 0.6) is 0 Å².